The summed E-state index contributed by atoms with van der Waals surface area (Å²) in [6.45, 7) is 1.19. The Kier molecular flexibility index (Phi) is 7.85. The Morgan fingerprint density at radius 1 is 1.14 bits per heavy atom. The second kappa shape index (κ2) is 9.41. The normalized spacial score (nSPS) is 10.2. The predicted molar refractivity (Wildman–Crippen MR) is 82.6 cm³/mol. The van der Waals surface area contributed by atoms with Gasteiger partial charge in [0.05, 0.1) is 20.1 Å². The summed E-state index contributed by atoms with van der Waals surface area (Å²) in [4.78, 5) is 26.4. The number of nitrogens with zero attached hydrogens (tertiary/aromatic N) is 1. The fourth-order valence-corrected chi connectivity index (χ4v) is 2.17. The number of carbonyl (C=O) groups excluding carboxylic acids is 2. The summed E-state index contributed by atoms with van der Waals surface area (Å²) in [5.74, 6) is -0.438. The summed E-state index contributed by atoms with van der Waals surface area (Å²) >= 11 is 1.62. The number of benzene rings is 1. The molecule has 0 fully saturated rings. The molecular weight excluding hydrogens is 290 g/mol. The highest BCUT2D eigenvalue weighted by molar-refractivity contribution is 7.98. The average molecular weight is 311 g/mol. The van der Waals surface area contributed by atoms with E-state index in [0.717, 1.165) is 4.90 Å². The molecule has 0 aromatic heterocycles. The highest BCUT2D eigenvalue weighted by Crippen LogP contribution is 2.16. The van der Waals surface area contributed by atoms with Gasteiger partial charge in [0, 0.05) is 30.7 Å². The first-order valence-corrected chi connectivity index (χ1v) is 7.84. The van der Waals surface area contributed by atoms with Gasteiger partial charge in [-0.1, -0.05) is 0 Å². The number of amides is 1. The molecule has 116 valence electrons. The van der Waals surface area contributed by atoms with Gasteiger partial charge in [0.15, 0.2) is 0 Å². The molecule has 1 aromatic carbocycles. The summed E-state index contributed by atoms with van der Waals surface area (Å²) in [5, 5.41) is 0. The zero-order valence-corrected chi connectivity index (χ0v) is 13.4. The minimum Gasteiger partial charge on any atom is -0.469 e. The van der Waals surface area contributed by atoms with Crippen LogP contribution in [-0.4, -0.2) is 56.9 Å². The molecule has 0 saturated carbocycles. The molecule has 0 bridgehead atoms. The van der Waals surface area contributed by atoms with Crippen LogP contribution >= 0.6 is 11.8 Å². The van der Waals surface area contributed by atoms with Crippen LogP contribution in [0.3, 0.4) is 0 Å². The van der Waals surface area contributed by atoms with Crippen molar-refractivity contribution in [2.45, 2.75) is 11.3 Å². The Morgan fingerprint density at radius 3 is 2.33 bits per heavy atom. The van der Waals surface area contributed by atoms with Crippen LogP contribution in [0.2, 0.25) is 0 Å². The van der Waals surface area contributed by atoms with E-state index >= 15 is 0 Å². The number of methoxy groups -OCH3 is 2. The Labute approximate surface area is 129 Å². The molecule has 1 rings (SSSR count). The number of ether oxygens (including phenoxy) is 2. The van der Waals surface area contributed by atoms with E-state index < -0.39 is 0 Å². The third kappa shape index (κ3) is 5.77. The molecule has 0 unspecified atom stereocenters. The van der Waals surface area contributed by atoms with Crippen molar-refractivity contribution < 1.29 is 19.1 Å². The lowest BCUT2D eigenvalue weighted by Crippen LogP contribution is -2.35. The molecule has 0 aliphatic carbocycles. The van der Waals surface area contributed by atoms with Crippen molar-refractivity contribution in [3.8, 4) is 0 Å². The van der Waals surface area contributed by atoms with Crippen molar-refractivity contribution in [1.29, 1.82) is 0 Å². The summed E-state index contributed by atoms with van der Waals surface area (Å²) in [7, 11) is 2.92. The lowest BCUT2D eigenvalue weighted by atomic mass is 10.2. The molecular formula is C15H21NO4S. The molecule has 0 saturated heterocycles. The van der Waals surface area contributed by atoms with Crippen molar-refractivity contribution in [3.05, 3.63) is 29.8 Å². The minimum absolute atomic E-state index is 0.108. The largest absolute Gasteiger partial charge is 0.469 e. The van der Waals surface area contributed by atoms with Crippen LogP contribution < -0.4 is 0 Å². The Hall–Kier alpha value is -1.53. The van der Waals surface area contributed by atoms with E-state index in [1.165, 1.54) is 7.11 Å². The summed E-state index contributed by atoms with van der Waals surface area (Å²) in [6.07, 6.45) is 2.16. The summed E-state index contributed by atoms with van der Waals surface area (Å²) in [6, 6.07) is 7.41. The van der Waals surface area contributed by atoms with Gasteiger partial charge in [0.25, 0.3) is 5.91 Å². The number of thioether (sulfide) groups is 1. The van der Waals surface area contributed by atoms with E-state index in [1.54, 1.807) is 35.9 Å². The van der Waals surface area contributed by atoms with Crippen LogP contribution in [0.25, 0.3) is 0 Å². The molecule has 1 aromatic rings. The number of hydrogen-bond donors (Lipinski definition) is 0. The molecule has 0 spiro atoms. The second-order valence-corrected chi connectivity index (χ2v) is 5.22. The molecule has 0 N–H and O–H groups in total. The molecule has 0 heterocycles. The number of carbonyl (C=O) groups is 2. The van der Waals surface area contributed by atoms with Gasteiger partial charge in [-0.25, -0.2) is 0 Å². The van der Waals surface area contributed by atoms with Gasteiger partial charge >= 0.3 is 5.97 Å². The van der Waals surface area contributed by atoms with Gasteiger partial charge < -0.3 is 14.4 Å². The van der Waals surface area contributed by atoms with Gasteiger partial charge in [-0.15, -0.1) is 11.8 Å². The monoisotopic (exact) mass is 311 g/mol. The topological polar surface area (TPSA) is 55.8 Å². The standard InChI is InChI=1S/C15H21NO4S/c1-19-11-10-16(9-8-14(17)20-2)15(18)12-4-6-13(21-3)7-5-12/h4-7H,8-11H2,1-3H3. The van der Waals surface area contributed by atoms with Gasteiger partial charge in [0.1, 0.15) is 0 Å². The van der Waals surface area contributed by atoms with E-state index in [1.807, 2.05) is 18.4 Å². The van der Waals surface area contributed by atoms with Crippen molar-refractivity contribution in [2.24, 2.45) is 0 Å². The molecule has 5 nitrogen and oxygen atoms in total. The third-order valence-electron chi connectivity index (χ3n) is 3.00. The predicted octanol–water partition coefficient (Wildman–Crippen LogP) is 2.06. The van der Waals surface area contributed by atoms with Crippen LogP contribution in [0.4, 0.5) is 0 Å². The zero-order chi connectivity index (χ0) is 15.7. The van der Waals surface area contributed by atoms with Crippen molar-refractivity contribution in [3.63, 3.8) is 0 Å². The third-order valence-corrected chi connectivity index (χ3v) is 3.75. The molecule has 0 atom stereocenters. The lowest BCUT2D eigenvalue weighted by molar-refractivity contribution is -0.140. The number of rotatable bonds is 8. The van der Waals surface area contributed by atoms with Crippen LogP contribution in [0.1, 0.15) is 16.8 Å². The Morgan fingerprint density at radius 2 is 1.81 bits per heavy atom. The first-order valence-electron chi connectivity index (χ1n) is 6.61. The van der Waals surface area contributed by atoms with Crippen LogP contribution in [-0.2, 0) is 14.3 Å². The van der Waals surface area contributed by atoms with Crippen LogP contribution in [0, 0.1) is 0 Å². The summed E-state index contributed by atoms with van der Waals surface area (Å²) < 4.78 is 9.62. The highest BCUT2D eigenvalue weighted by Gasteiger charge is 2.16. The SMILES string of the molecule is COCCN(CCC(=O)OC)C(=O)c1ccc(SC)cc1. The quantitative estimate of drug-likeness (QED) is 0.543. The first-order chi connectivity index (χ1) is 10.1. The van der Waals surface area contributed by atoms with Crippen molar-refractivity contribution in [2.75, 3.05) is 40.2 Å². The van der Waals surface area contributed by atoms with Gasteiger partial charge in [-0.05, 0) is 30.5 Å². The molecule has 6 heteroatoms. The van der Waals surface area contributed by atoms with E-state index in [-0.39, 0.29) is 18.3 Å². The van der Waals surface area contributed by atoms with Gasteiger partial charge in [-0.3, -0.25) is 9.59 Å². The van der Waals surface area contributed by atoms with Crippen molar-refractivity contribution in [1.82, 2.24) is 4.90 Å². The Bertz CT molecular complexity index is 461. The molecule has 0 radical (unpaired) electrons. The fraction of sp³-hybridized carbons (Fsp3) is 0.467. The second-order valence-electron chi connectivity index (χ2n) is 4.34. The lowest BCUT2D eigenvalue weighted by Gasteiger charge is -2.22. The molecule has 0 aliphatic heterocycles. The Balaban J connectivity index is 2.74. The van der Waals surface area contributed by atoms with Gasteiger partial charge in [-0.2, -0.15) is 0 Å². The smallest absolute Gasteiger partial charge is 0.307 e. The van der Waals surface area contributed by atoms with E-state index in [0.29, 0.717) is 25.3 Å². The summed E-state index contributed by atoms with van der Waals surface area (Å²) in [5.41, 5.74) is 0.605. The van der Waals surface area contributed by atoms with Crippen molar-refractivity contribution >= 4 is 23.6 Å². The maximum absolute atomic E-state index is 12.5. The molecule has 0 aliphatic rings. The van der Waals surface area contributed by atoms with E-state index in [2.05, 4.69) is 4.74 Å². The average Bonchev–Trinajstić information content (AvgIpc) is 2.54. The van der Waals surface area contributed by atoms with E-state index in [4.69, 9.17) is 4.74 Å². The zero-order valence-electron chi connectivity index (χ0n) is 12.6. The maximum Gasteiger partial charge on any atom is 0.307 e. The maximum atomic E-state index is 12.5. The van der Waals surface area contributed by atoms with Crippen LogP contribution in [0.15, 0.2) is 29.2 Å². The first kappa shape index (κ1) is 17.5. The molecule has 1 amide bonds. The highest BCUT2D eigenvalue weighted by atomic mass is 32.2. The number of esters is 1. The minimum atomic E-state index is -0.331. The van der Waals surface area contributed by atoms with Crippen LogP contribution in [0.5, 0.6) is 0 Å². The van der Waals surface area contributed by atoms with E-state index in [9.17, 15) is 9.59 Å². The fourth-order valence-electron chi connectivity index (χ4n) is 1.76. The number of hydrogen-bond acceptors (Lipinski definition) is 5. The molecule has 21 heavy (non-hydrogen) atoms. The van der Waals surface area contributed by atoms with Gasteiger partial charge in [0.2, 0.25) is 0 Å².